The Labute approximate surface area is 86.1 Å². The lowest BCUT2D eigenvalue weighted by atomic mass is 10.1. The number of nitrogens with two attached hydrogens (primary N) is 1. The lowest BCUT2D eigenvalue weighted by Gasteiger charge is -2.10. The predicted molar refractivity (Wildman–Crippen MR) is 56.7 cm³/mol. The molecular formula is C9H14N4O2. The van der Waals surface area contributed by atoms with Crippen LogP contribution in [0.3, 0.4) is 0 Å². The Bertz CT molecular complexity index is 456. The Kier molecular flexibility index (Phi) is 2.59. The van der Waals surface area contributed by atoms with E-state index in [0.717, 1.165) is 19.5 Å². The summed E-state index contributed by atoms with van der Waals surface area (Å²) >= 11 is 0. The van der Waals surface area contributed by atoms with Crippen LogP contribution >= 0.6 is 0 Å². The zero-order valence-electron chi connectivity index (χ0n) is 8.32. The van der Waals surface area contributed by atoms with E-state index in [1.807, 2.05) is 0 Å². The highest BCUT2D eigenvalue weighted by molar-refractivity contribution is 5.30. The van der Waals surface area contributed by atoms with Gasteiger partial charge in [0.25, 0.3) is 5.56 Å². The molecule has 2 rings (SSSR count). The van der Waals surface area contributed by atoms with Crippen molar-refractivity contribution in [3.63, 3.8) is 0 Å². The minimum Gasteiger partial charge on any atom is -0.393 e. The van der Waals surface area contributed by atoms with E-state index >= 15 is 0 Å². The number of rotatable bonds is 2. The number of hydrogen-bond acceptors (Lipinski definition) is 4. The lowest BCUT2D eigenvalue weighted by Crippen LogP contribution is -2.33. The van der Waals surface area contributed by atoms with Crippen LogP contribution in [0, 0.1) is 5.92 Å². The Balaban J connectivity index is 2.24. The Hall–Kier alpha value is -1.56. The summed E-state index contributed by atoms with van der Waals surface area (Å²) in [5, 5.41) is 3.22. The first-order valence-corrected chi connectivity index (χ1v) is 4.97. The number of nitrogens with zero attached hydrogens (tertiary/aromatic N) is 1. The Morgan fingerprint density at radius 3 is 3.00 bits per heavy atom. The van der Waals surface area contributed by atoms with Crippen LogP contribution in [0.5, 0.6) is 0 Å². The van der Waals surface area contributed by atoms with Crippen molar-refractivity contribution >= 4 is 5.69 Å². The van der Waals surface area contributed by atoms with Crippen LogP contribution < -0.4 is 22.3 Å². The SMILES string of the molecule is Nc1cn(CC2CCNC2)c(=O)[nH]c1=O. The third kappa shape index (κ3) is 2.10. The van der Waals surface area contributed by atoms with E-state index in [0.29, 0.717) is 12.5 Å². The van der Waals surface area contributed by atoms with E-state index in [2.05, 4.69) is 10.3 Å². The molecule has 0 aliphatic carbocycles. The second-order valence-corrected chi connectivity index (χ2v) is 3.85. The van der Waals surface area contributed by atoms with Crippen molar-refractivity contribution in [2.75, 3.05) is 18.8 Å². The molecule has 0 bridgehead atoms. The van der Waals surface area contributed by atoms with Gasteiger partial charge in [0.05, 0.1) is 0 Å². The second kappa shape index (κ2) is 3.90. The lowest BCUT2D eigenvalue weighted by molar-refractivity contribution is 0.466. The first kappa shape index (κ1) is 9.97. The van der Waals surface area contributed by atoms with Crippen molar-refractivity contribution in [3.8, 4) is 0 Å². The van der Waals surface area contributed by atoms with E-state index in [1.165, 1.54) is 10.8 Å². The standard InChI is InChI=1S/C9H14N4O2/c10-7-5-13(9(15)12-8(7)14)4-6-1-2-11-3-6/h5-6,11H,1-4,10H2,(H,12,14,15). The molecule has 15 heavy (non-hydrogen) atoms. The average molecular weight is 210 g/mol. The summed E-state index contributed by atoms with van der Waals surface area (Å²) < 4.78 is 1.47. The van der Waals surface area contributed by atoms with Crippen LogP contribution in [0.1, 0.15) is 6.42 Å². The molecule has 1 aliphatic rings. The van der Waals surface area contributed by atoms with Gasteiger partial charge in [-0.25, -0.2) is 4.79 Å². The van der Waals surface area contributed by atoms with Crippen molar-refractivity contribution < 1.29 is 0 Å². The van der Waals surface area contributed by atoms with Crippen LogP contribution in [0.4, 0.5) is 5.69 Å². The summed E-state index contributed by atoms with van der Waals surface area (Å²) in [5.74, 6) is 0.438. The van der Waals surface area contributed by atoms with Crippen molar-refractivity contribution in [2.24, 2.45) is 5.92 Å². The smallest absolute Gasteiger partial charge is 0.328 e. The van der Waals surface area contributed by atoms with E-state index in [-0.39, 0.29) is 11.4 Å². The molecule has 6 heteroatoms. The van der Waals surface area contributed by atoms with Crippen LogP contribution in [0.2, 0.25) is 0 Å². The molecule has 4 N–H and O–H groups in total. The molecular weight excluding hydrogens is 196 g/mol. The van der Waals surface area contributed by atoms with Gasteiger partial charge in [-0.05, 0) is 25.4 Å². The molecule has 2 heterocycles. The highest BCUT2D eigenvalue weighted by atomic mass is 16.2. The van der Waals surface area contributed by atoms with Gasteiger partial charge in [-0.15, -0.1) is 0 Å². The molecule has 1 aromatic rings. The summed E-state index contributed by atoms with van der Waals surface area (Å²) in [4.78, 5) is 24.6. The molecule has 1 aromatic heterocycles. The van der Waals surface area contributed by atoms with Gasteiger partial charge < -0.3 is 11.1 Å². The summed E-state index contributed by atoms with van der Waals surface area (Å²) in [6.07, 6.45) is 2.46. The van der Waals surface area contributed by atoms with Crippen molar-refractivity contribution in [1.29, 1.82) is 0 Å². The molecule has 1 unspecified atom stereocenters. The zero-order chi connectivity index (χ0) is 10.8. The Morgan fingerprint density at radius 2 is 2.33 bits per heavy atom. The van der Waals surface area contributed by atoms with Crippen LogP contribution in [0.25, 0.3) is 0 Å². The highest BCUT2D eigenvalue weighted by Gasteiger charge is 2.15. The quantitative estimate of drug-likeness (QED) is 0.567. The minimum atomic E-state index is -0.513. The monoisotopic (exact) mass is 210 g/mol. The third-order valence-electron chi connectivity index (χ3n) is 2.66. The molecule has 1 fully saturated rings. The van der Waals surface area contributed by atoms with E-state index in [1.54, 1.807) is 0 Å². The maximum Gasteiger partial charge on any atom is 0.328 e. The van der Waals surface area contributed by atoms with Gasteiger partial charge in [-0.1, -0.05) is 0 Å². The van der Waals surface area contributed by atoms with Gasteiger partial charge >= 0.3 is 5.69 Å². The molecule has 1 atom stereocenters. The summed E-state index contributed by atoms with van der Waals surface area (Å²) in [5.41, 5.74) is 4.63. The number of nitrogens with one attached hydrogen (secondary N) is 2. The summed E-state index contributed by atoms with van der Waals surface area (Å²) in [6, 6.07) is 0. The molecule has 0 amide bonds. The summed E-state index contributed by atoms with van der Waals surface area (Å²) in [6.45, 7) is 2.50. The van der Waals surface area contributed by atoms with Crippen molar-refractivity contribution in [3.05, 3.63) is 27.0 Å². The molecule has 0 radical (unpaired) electrons. The maximum atomic E-state index is 11.4. The van der Waals surface area contributed by atoms with E-state index < -0.39 is 5.56 Å². The third-order valence-corrected chi connectivity index (χ3v) is 2.66. The zero-order valence-corrected chi connectivity index (χ0v) is 8.32. The first-order valence-electron chi connectivity index (χ1n) is 4.97. The van der Waals surface area contributed by atoms with Crippen LogP contribution in [0.15, 0.2) is 15.8 Å². The molecule has 82 valence electrons. The van der Waals surface area contributed by atoms with Gasteiger partial charge in [0.2, 0.25) is 0 Å². The number of anilines is 1. The Morgan fingerprint density at radius 1 is 1.53 bits per heavy atom. The molecule has 1 saturated heterocycles. The molecule has 1 aliphatic heterocycles. The number of aromatic amines is 1. The predicted octanol–water partition coefficient (Wildman–Crippen LogP) is -1.27. The highest BCUT2D eigenvalue weighted by Crippen LogP contribution is 2.09. The van der Waals surface area contributed by atoms with E-state index in [9.17, 15) is 9.59 Å². The summed E-state index contributed by atoms with van der Waals surface area (Å²) in [7, 11) is 0. The fourth-order valence-corrected chi connectivity index (χ4v) is 1.81. The fraction of sp³-hybridized carbons (Fsp3) is 0.556. The van der Waals surface area contributed by atoms with Crippen LogP contribution in [-0.4, -0.2) is 22.6 Å². The van der Waals surface area contributed by atoms with Gasteiger partial charge in [0.15, 0.2) is 0 Å². The molecule has 6 nitrogen and oxygen atoms in total. The van der Waals surface area contributed by atoms with Gasteiger partial charge in [0, 0.05) is 12.7 Å². The maximum absolute atomic E-state index is 11.4. The second-order valence-electron chi connectivity index (χ2n) is 3.85. The van der Waals surface area contributed by atoms with Crippen molar-refractivity contribution in [1.82, 2.24) is 14.9 Å². The molecule has 0 saturated carbocycles. The van der Waals surface area contributed by atoms with Gasteiger partial charge in [-0.3, -0.25) is 14.3 Å². The van der Waals surface area contributed by atoms with Crippen LogP contribution in [-0.2, 0) is 6.54 Å². The van der Waals surface area contributed by atoms with Crippen molar-refractivity contribution in [2.45, 2.75) is 13.0 Å². The number of hydrogen-bond donors (Lipinski definition) is 3. The van der Waals surface area contributed by atoms with Gasteiger partial charge in [0.1, 0.15) is 5.69 Å². The number of H-pyrrole nitrogens is 1. The topological polar surface area (TPSA) is 92.9 Å². The number of aromatic nitrogens is 2. The van der Waals surface area contributed by atoms with Gasteiger partial charge in [-0.2, -0.15) is 0 Å². The largest absolute Gasteiger partial charge is 0.393 e. The minimum absolute atomic E-state index is 0.0838. The first-order chi connectivity index (χ1) is 7.16. The average Bonchev–Trinajstić information content (AvgIpc) is 2.67. The number of nitrogen functional groups attached to an aromatic ring is 1. The molecule has 0 spiro atoms. The fourth-order valence-electron chi connectivity index (χ4n) is 1.81. The molecule has 0 aromatic carbocycles. The van der Waals surface area contributed by atoms with E-state index in [4.69, 9.17) is 5.73 Å². The normalized spacial score (nSPS) is 20.7.